The molecule has 1 atom stereocenters. The fraction of sp³-hybridized carbons (Fsp3) is 0.333. The largest absolute Gasteiger partial charge is 0.416 e. The summed E-state index contributed by atoms with van der Waals surface area (Å²) in [6.45, 7) is 4.96. The second-order valence-electron chi connectivity index (χ2n) is 9.70. The number of carbonyl (C=O) groups excluding carboxylic acids is 2. The molecule has 0 heterocycles. The number of hydrogen-bond donors (Lipinski definition) is 1. The molecule has 0 aromatic heterocycles. The van der Waals surface area contributed by atoms with Crippen molar-refractivity contribution < 1.29 is 31.2 Å². The zero-order valence-electron chi connectivity index (χ0n) is 23.2. The Kier molecular flexibility index (Phi) is 10.6. The SMILES string of the molecule is CCCCNC(=O)[C@@H](C)N(Cc1cccc(C)c1)C(=O)CN(c1cccc(C(F)(F)F)c1)S(=O)(=O)c1ccccc1. The quantitative estimate of drug-likeness (QED) is 0.281. The molecule has 1 N–H and O–H groups in total. The van der Waals surface area contributed by atoms with Crippen molar-refractivity contribution in [2.75, 3.05) is 17.4 Å². The zero-order chi connectivity index (χ0) is 30.2. The van der Waals surface area contributed by atoms with Crippen molar-refractivity contribution in [3.8, 4) is 0 Å². The van der Waals surface area contributed by atoms with Crippen LogP contribution in [0.2, 0.25) is 0 Å². The lowest BCUT2D eigenvalue weighted by Crippen LogP contribution is -2.51. The van der Waals surface area contributed by atoms with Crippen molar-refractivity contribution in [2.45, 2.75) is 57.3 Å². The van der Waals surface area contributed by atoms with Gasteiger partial charge in [-0.2, -0.15) is 13.2 Å². The predicted octanol–water partition coefficient (Wildman–Crippen LogP) is 5.54. The van der Waals surface area contributed by atoms with Gasteiger partial charge in [-0.3, -0.25) is 13.9 Å². The van der Waals surface area contributed by atoms with E-state index in [1.807, 2.05) is 26.0 Å². The number of amides is 2. The van der Waals surface area contributed by atoms with E-state index < -0.39 is 46.2 Å². The average Bonchev–Trinajstić information content (AvgIpc) is 2.94. The van der Waals surface area contributed by atoms with Crippen molar-refractivity contribution in [1.29, 1.82) is 0 Å². The lowest BCUT2D eigenvalue weighted by Gasteiger charge is -2.32. The average molecular weight is 590 g/mol. The van der Waals surface area contributed by atoms with E-state index in [9.17, 15) is 31.2 Å². The maximum Gasteiger partial charge on any atom is 0.416 e. The molecule has 11 heteroatoms. The van der Waals surface area contributed by atoms with E-state index in [0.29, 0.717) is 22.5 Å². The van der Waals surface area contributed by atoms with Crippen LogP contribution >= 0.6 is 0 Å². The van der Waals surface area contributed by atoms with Gasteiger partial charge in [-0.1, -0.05) is 67.4 Å². The topological polar surface area (TPSA) is 86.8 Å². The molecule has 0 saturated carbocycles. The summed E-state index contributed by atoms with van der Waals surface area (Å²) in [4.78, 5) is 27.9. The first-order valence-electron chi connectivity index (χ1n) is 13.2. The van der Waals surface area contributed by atoms with Gasteiger partial charge in [0.15, 0.2) is 0 Å². The van der Waals surface area contributed by atoms with Crippen molar-refractivity contribution >= 4 is 27.5 Å². The molecule has 0 radical (unpaired) electrons. The Morgan fingerprint density at radius 1 is 0.951 bits per heavy atom. The van der Waals surface area contributed by atoms with Crippen molar-refractivity contribution in [2.24, 2.45) is 0 Å². The van der Waals surface area contributed by atoms with Crippen LogP contribution in [0.3, 0.4) is 0 Å². The van der Waals surface area contributed by atoms with Crippen molar-refractivity contribution in [1.82, 2.24) is 10.2 Å². The summed E-state index contributed by atoms with van der Waals surface area (Å²) in [5, 5.41) is 2.79. The van der Waals surface area contributed by atoms with Gasteiger partial charge in [0.25, 0.3) is 10.0 Å². The summed E-state index contributed by atoms with van der Waals surface area (Å²) in [6, 6.07) is 17.3. The van der Waals surface area contributed by atoms with E-state index in [4.69, 9.17) is 0 Å². The number of rotatable bonds is 12. The molecular weight excluding hydrogens is 555 g/mol. The Labute approximate surface area is 239 Å². The minimum Gasteiger partial charge on any atom is -0.354 e. The Balaban J connectivity index is 2.05. The maximum absolute atomic E-state index is 13.9. The number of carbonyl (C=O) groups is 2. The molecule has 0 aliphatic carbocycles. The van der Waals surface area contributed by atoms with Gasteiger partial charge in [-0.15, -0.1) is 0 Å². The van der Waals surface area contributed by atoms with Gasteiger partial charge in [-0.25, -0.2) is 8.42 Å². The summed E-state index contributed by atoms with van der Waals surface area (Å²) in [5.41, 5.74) is 0.249. The van der Waals surface area contributed by atoms with Crippen LogP contribution < -0.4 is 9.62 Å². The number of anilines is 1. The first-order chi connectivity index (χ1) is 19.3. The van der Waals surface area contributed by atoms with Gasteiger partial charge in [0, 0.05) is 13.1 Å². The zero-order valence-corrected chi connectivity index (χ0v) is 24.0. The Hall–Kier alpha value is -3.86. The molecule has 41 heavy (non-hydrogen) atoms. The normalized spacial score (nSPS) is 12.4. The van der Waals surface area contributed by atoms with Crippen molar-refractivity contribution in [3.63, 3.8) is 0 Å². The molecule has 3 aromatic carbocycles. The van der Waals surface area contributed by atoms with Crippen LogP contribution in [0.5, 0.6) is 0 Å². The highest BCUT2D eigenvalue weighted by molar-refractivity contribution is 7.92. The minimum absolute atomic E-state index is 0.00923. The van der Waals surface area contributed by atoms with Gasteiger partial charge in [0.2, 0.25) is 11.8 Å². The third-order valence-electron chi connectivity index (χ3n) is 6.50. The van der Waals surface area contributed by atoms with E-state index in [0.717, 1.165) is 30.5 Å². The molecule has 0 aliphatic rings. The summed E-state index contributed by atoms with van der Waals surface area (Å²) >= 11 is 0. The predicted molar refractivity (Wildman–Crippen MR) is 152 cm³/mol. The Bertz CT molecular complexity index is 1450. The molecule has 0 aliphatic heterocycles. The van der Waals surface area contributed by atoms with Crippen LogP contribution in [0.25, 0.3) is 0 Å². The fourth-order valence-electron chi connectivity index (χ4n) is 4.21. The lowest BCUT2D eigenvalue weighted by atomic mass is 10.1. The van der Waals surface area contributed by atoms with Crippen LogP contribution in [-0.4, -0.2) is 44.3 Å². The van der Waals surface area contributed by atoms with Gasteiger partial charge in [-0.05, 0) is 56.2 Å². The summed E-state index contributed by atoms with van der Waals surface area (Å²) in [7, 11) is -4.47. The van der Waals surface area contributed by atoms with Crippen molar-refractivity contribution in [3.05, 3.63) is 95.6 Å². The van der Waals surface area contributed by atoms with Crippen LogP contribution in [0.4, 0.5) is 18.9 Å². The highest BCUT2D eigenvalue weighted by Crippen LogP contribution is 2.33. The van der Waals surface area contributed by atoms with E-state index >= 15 is 0 Å². The molecule has 0 spiro atoms. The maximum atomic E-state index is 13.9. The number of aryl methyl sites for hydroxylation is 1. The highest BCUT2D eigenvalue weighted by atomic mass is 32.2. The number of sulfonamides is 1. The van der Waals surface area contributed by atoms with E-state index in [1.165, 1.54) is 42.2 Å². The van der Waals surface area contributed by atoms with Crippen LogP contribution in [0.1, 0.15) is 43.4 Å². The fourth-order valence-corrected chi connectivity index (χ4v) is 5.64. The van der Waals surface area contributed by atoms with Gasteiger partial charge >= 0.3 is 6.18 Å². The highest BCUT2D eigenvalue weighted by Gasteiger charge is 2.35. The standard InChI is InChI=1S/C30H34F3N3O4S/c1-4-5-17-34-29(38)23(3)35(20-24-12-9-11-22(2)18-24)28(37)21-36(41(39,40)27-15-7-6-8-16-27)26-14-10-13-25(19-26)30(31,32)33/h6-16,18-19,23H,4-5,17,20-21H2,1-3H3,(H,34,38)/t23-/m1/s1. The number of halogens is 3. The van der Waals surface area contributed by atoms with Crippen LogP contribution in [-0.2, 0) is 32.3 Å². The summed E-state index contributed by atoms with van der Waals surface area (Å²) < 4.78 is 68.8. The lowest BCUT2D eigenvalue weighted by molar-refractivity contribution is -0.139. The number of unbranched alkanes of at least 4 members (excludes halogenated alkanes) is 1. The Morgan fingerprint density at radius 3 is 2.27 bits per heavy atom. The number of hydrogen-bond acceptors (Lipinski definition) is 4. The summed E-state index contributed by atoms with van der Waals surface area (Å²) in [6.07, 6.45) is -3.14. The van der Waals surface area contributed by atoms with E-state index in [2.05, 4.69) is 5.32 Å². The number of nitrogens with one attached hydrogen (secondary N) is 1. The Morgan fingerprint density at radius 2 is 1.63 bits per heavy atom. The molecule has 3 aromatic rings. The molecule has 0 unspecified atom stereocenters. The third-order valence-corrected chi connectivity index (χ3v) is 8.29. The molecule has 220 valence electrons. The van der Waals surface area contributed by atoms with Gasteiger partial charge in [0.1, 0.15) is 12.6 Å². The summed E-state index contributed by atoms with van der Waals surface area (Å²) in [5.74, 6) is -1.17. The number of alkyl halides is 3. The third kappa shape index (κ3) is 8.32. The van der Waals surface area contributed by atoms with Crippen LogP contribution in [0.15, 0.2) is 83.8 Å². The monoisotopic (exact) mass is 589 g/mol. The van der Waals surface area contributed by atoms with Gasteiger partial charge < -0.3 is 10.2 Å². The molecule has 2 amide bonds. The smallest absolute Gasteiger partial charge is 0.354 e. The second kappa shape index (κ2) is 13.7. The van der Waals surface area contributed by atoms with E-state index in [-0.39, 0.29) is 17.1 Å². The molecule has 0 bridgehead atoms. The van der Waals surface area contributed by atoms with Crippen LogP contribution in [0, 0.1) is 6.92 Å². The first-order valence-corrected chi connectivity index (χ1v) is 14.7. The number of nitrogens with zero attached hydrogens (tertiary/aromatic N) is 2. The van der Waals surface area contributed by atoms with E-state index in [1.54, 1.807) is 18.2 Å². The minimum atomic E-state index is -4.73. The van der Waals surface area contributed by atoms with Gasteiger partial charge in [0.05, 0.1) is 16.1 Å². The number of benzene rings is 3. The first kappa shape index (κ1) is 31.7. The molecule has 7 nitrogen and oxygen atoms in total. The second-order valence-corrected chi connectivity index (χ2v) is 11.6. The molecule has 0 saturated heterocycles. The molecular formula is C30H34F3N3O4S. The molecule has 0 fully saturated rings. The molecule has 3 rings (SSSR count).